The molecule has 0 amide bonds. The summed E-state index contributed by atoms with van der Waals surface area (Å²) in [6, 6.07) is 0. The minimum atomic E-state index is 0.634. The van der Waals surface area contributed by atoms with E-state index in [-0.39, 0.29) is 0 Å². The van der Waals surface area contributed by atoms with Crippen LogP contribution in [0, 0.1) is 6.92 Å². The van der Waals surface area contributed by atoms with Gasteiger partial charge in [0.05, 0.1) is 0 Å². The van der Waals surface area contributed by atoms with E-state index in [1.54, 1.807) is 7.11 Å². The number of methoxy groups -OCH3 is 1. The minimum absolute atomic E-state index is 0.634. The molecule has 5 heteroatoms. The summed E-state index contributed by atoms with van der Waals surface area (Å²) in [5.74, 6) is 0.634. The average molecular weight is 215 g/mol. The van der Waals surface area contributed by atoms with Crippen molar-refractivity contribution in [2.75, 3.05) is 31.3 Å². The highest BCUT2D eigenvalue weighted by molar-refractivity contribution is 7.10. The standard InChI is InChI=1S/C9H17N3OS/c1-7-8(10)12-14-9(7)11-5-3-4-6-13-2/h11H,3-6H2,1-2H3,(H2,10,12). The Morgan fingerprint density at radius 1 is 1.50 bits per heavy atom. The molecular formula is C9H17N3OS. The van der Waals surface area contributed by atoms with E-state index in [2.05, 4.69) is 9.69 Å². The molecular weight excluding hydrogens is 198 g/mol. The van der Waals surface area contributed by atoms with Crippen LogP contribution in [0.4, 0.5) is 10.8 Å². The minimum Gasteiger partial charge on any atom is -0.385 e. The molecule has 1 heterocycles. The fraction of sp³-hybridized carbons (Fsp3) is 0.667. The average Bonchev–Trinajstić information content (AvgIpc) is 2.49. The Kier molecular flexibility index (Phi) is 4.69. The molecule has 0 saturated heterocycles. The molecule has 0 atom stereocenters. The van der Waals surface area contributed by atoms with Crippen molar-refractivity contribution in [1.29, 1.82) is 0 Å². The van der Waals surface area contributed by atoms with Crippen LogP contribution in [0.5, 0.6) is 0 Å². The molecule has 0 radical (unpaired) electrons. The summed E-state index contributed by atoms with van der Waals surface area (Å²) in [6.07, 6.45) is 2.18. The summed E-state index contributed by atoms with van der Waals surface area (Å²) in [7, 11) is 1.72. The lowest BCUT2D eigenvalue weighted by atomic mass is 10.3. The topological polar surface area (TPSA) is 60.2 Å². The molecule has 0 aliphatic rings. The lowest BCUT2D eigenvalue weighted by Gasteiger charge is -2.03. The maximum Gasteiger partial charge on any atom is 0.142 e. The molecule has 1 aromatic heterocycles. The maximum atomic E-state index is 5.63. The smallest absolute Gasteiger partial charge is 0.142 e. The van der Waals surface area contributed by atoms with Crippen molar-refractivity contribution in [3.8, 4) is 0 Å². The van der Waals surface area contributed by atoms with Crippen LogP contribution in [0.3, 0.4) is 0 Å². The lowest BCUT2D eigenvalue weighted by Crippen LogP contribution is -2.02. The van der Waals surface area contributed by atoms with Crippen molar-refractivity contribution in [1.82, 2.24) is 4.37 Å². The summed E-state index contributed by atoms with van der Waals surface area (Å²) >= 11 is 1.42. The third-order valence-corrected chi connectivity index (χ3v) is 2.94. The molecule has 0 aromatic carbocycles. The van der Waals surface area contributed by atoms with Gasteiger partial charge in [0, 0.05) is 25.8 Å². The van der Waals surface area contributed by atoms with Gasteiger partial charge in [0.15, 0.2) is 0 Å². The first kappa shape index (κ1) is 11.3. The second-order valence-electron chi connectivity index (χ2n) is 3.15. The van der Waals surface area contributed by atoms with Crippen LogP contribution in [0.1, 0.15) is 18.4 Å². The number of unbranched alkanes of at least 4 members (excludes halogenated alkanes) is 1. The number of aromatic nitrogens is 1. The van der Waals surface area contributed by atoms with Gasteiger partial charge in [0.25, 0.3) is 0 Å². The van der Waals surface area contributed by atoms with E-state index < -0.39 is 0 Å². The summed E-state index contributed by atoms with van der Waals surface area (Å²) in [4.78, 5) is 0. The Hall–Kier alpha value is -0.810. The Bertz CT molecular complexity index is 275. The zero-order valence-electron chi connectivity index (χ0n) is 8.67. The van der Waals surface area contributed by atoms with E-state index in [0.29, 0.717) is 5.82 Å². The second-order valence-corrected chi connectivity index (χ2v) is 3.92. The number of nitrogens with two attached hydrogens (primary N) is 1. The molecule has 1 aromatic rings. The number of hydrogen-bond acceptors (Lipinski definition) is 5. The SMILES string of the molecule is COCCCCNc1snc(N)c1C. The van der Waals surface area contributed by atoms with Gasteiger partial charge in [-0.25, -0.2) is 0 Å². The number of nitrogen functional groups attached to an aromatic ring is 1. The first-order valence-corrected chi connectivity index (χ1v) is 5.47. The van der Waals surface area contributed by atoms with Gasteiger partial charge in [-0.05, 0) is 31.3 Å². The zero-order valence-corrected chi connectivity index (χ0v) is 9.49. The molecule has 4 nitrogen and oxygen atoms in total. The molecule has 0 spiro atoms. The zero-order chi connectivity index (χ0) is 10.4. The molecule has 0 bridgehead atoms. The predicted octanol–water partition coefficient (Wildman–Crippen LogP) is 1.87. The molecule has 0 saturated carbocycles. The third kappa shape index (κ3) is 3.16. The Balaban J connectivity index is 2.21. The molecule has 14 heavy (non-hydrogen) atoms. The van der Waals surface area contributed by atoms with Crippen LogP contribution in [-0.2, 0) is 4.74 Å². The predicted molar refractivity (Wildman–Crippen MR) is 60.9 cm³/mol. The number of rotatable bonds is 6. The summed E-state index contributed by atoms with van der Waals surface area (Å²) < 4.78 is 9.03. The Morgan fingerprint density at radius 3 is 2.86 bits per heavy atom. The first-order chi connectivity index (χ1) is 6.75. The van der Waals surface area contributed by atoms with Crippen molar-refractivity contribution in [3.63, 3.8) is 0 Å². The molecule has 0 unspecified atom stereocenters. The summed E-state index contributed by atoms with van der Waals surface area (Å²) in [5, 5.41) is 4.40. The lowest BCUT2D eigenvalue weighted by molar-refractivity contribution is 0.194. The third-order valence-electron chi connectivity index (χ3n) is 2.02. The monoisotopic (exact) mass is 215 g/mol. The molecule has 80 valence electrons. The van der Waals surface area contributed by atoms with Gasteiger partial charge in [-0.15, -0.1) is 0 Å². The van der Waals surface area contributed by atoms with E-state index in [1.807, 2.05) is 6.92 Å². The molecule has 1 rings (SSSR count). The Labute approximate surface area is 88.6 Å². The van der Waals surface area contributed by atoms with Crippen molar-refractivity contribution in [3.05, 3.63) is 5.56 Å². The van der Waals surface area contributed by atoms with Gasteiger partial charge in [-0.2, -0.15) is 4.37 Å². The van der Waals surface area contributed by atoms with E-state index in [0.717, 1.165) is 36.6 Å². The van der Waals surface area contributed by atoms with Gasteiger partial charge in [-0.3, -0.25) is 0 Å². The summed E-state index contributed by atoms with van der Waals surface area (Å²) in [5.41, 5.74) is 6.69. The number of anilines is 2. The number of nitrogens with one attached hydrogen (secondary N) is 1. The summed E-state index contributed by atoms with van der Waals surface area (Å²) in [6.45, 7) is 3.76. The molecule has 0 aliphatic heterocycles. The number of nitrogens with zero attached hydrogens (tertiary/aromatic N) is 1. The van der Waals surface area contributed by atoms with Gasteiger partial charge >= 0.3 is 0 Å². The van der Waals surface area contributed by atoms with Gasteiger partial charge in [-0.1, -0.05) is 0 Å². The van der Waals surface area contributed by atoms with E-state index in [9.17, 15) is 0 Å². The number of hydrogen-bond donors (Lipinski definition) is 2. The van der Waals surface area contributed by atoms with Crippen LogP contribution in [0.15, 0.2) is 0 Å². The van der Waals surface area contributed by atoms with Gasteiger partial charge in [0.1, 0.15) is 10.8 Å². The first-order valence-electron chi connectivity index (χ1n) is 4.70. The van der Waals surface area contributed by atoms with Gasteiger partial charge in [0.2, 0.25) is 0 Å². The normalized spacial score (nSPS) is 10.4. The van der Waals surface area contributed by atoms with Crippen LogP contribution < -0.4 is 11.1 Å². The fourth-order valence-corrected chi connectivity index (χ4v) is 1.82. The van der Waals surface area contributed by atoms with Crippen LogP contribution in [0.2, 0.25) is 0 Å². The van der Waals surface area contributed by atoms with Crippen molar-refractivity contribution >= 4 is 22.4 Å². The largest absolute Gasteiger partial charge is 0.385 e. The van der Waals surface area contributed by atoms with E-state index in [4.69, 9.17) is 10.5 Å². The number of ether oxygens (including phenoxy) is 1. The van der Waals surface area contributed by atoms with Crippen molar-refractivity contribution in [2.45, 2.75) is 19.8 Å². The molecule has 0 aliphatic carbocycles. The second kappa shape index (κ2) is 5.82. The van der Waals surface area contributed by atoms with E-state index in [1.165, 1.54) is 11.5 Å². The molecule has 3 N–H and O–H groups in total. The van der Waals surface area contributed by atoms with Crippen LogP contribution in [0.25, 0.3) is 0 Å². The maximum absolute atomic E-state index is 5.63. The Morgan fingerprint density at radius 2 is 2.29 bits per heavy atom. The highest BCUT2D eigenvalue weighted by Crippen LogP contribution is 2.24. The van der Waals surface area contributed by atoms with Crippen molar-refractivity contribution in [2.24, 2.45) is 0 Å². The molecule has 0 fully saturated rings. The highest BCUT2D eigenvalue weighted by Gasteiger charge is 2.04. The van der Waals surface area contributed by atoms with Crippen LogP contribution in [-0.4, -0.2) is 24.6 Å². The van der Waals surface area contributed by atoms with E-state index >= 15 is 0 Å². The highest BCUT2D eigenvalue weighted by atomic mass is 32.1. The fourth-order valence-electron chi connectivity index (χ4n) is 1.09. The van der Waals surface area contributed by atoms with Crippen molar-refractivity contribution < 1.29 is 4.74 Å². The van der Waals surface area contributed by atoms with Gasteiger partial charge < -0.3 is 15.8 Å². The quantitative estimate of drug-likeness (QED) is 0.711. The van der Waals surface area contributed by atoms with Crippen LogP contribution >= 0.6 is 11.5 Å².